The van der Waals surface area contributed by atoms with Crippen molar-refractivity contribution in [3.8, 4) is 0 Å². The van der Waals surface area contributed by atoms with E-state index in [4.69, 9.17) is 10.9 Å². The highest BCUT2D eigenvalue weighted by molar-refractivity contribution is 6.01. The normalized spacial score (nSPS) is 11.5. The summed E-state index contributed by atoms with van der Waals surface area (Å²) in [5.74, 6) is 0.766. The van der Waals surface area contributed by atoms with Crippen molar-refractivity contribution in [1.82, 2.24) is 4.98 Å². The SMILES string of the molecule is Cc1ccc(C(N)=NO)c(N(C)Cc2ccccc2C)n1. The summed E-state index contributed by atoms with van der Waals surface area (Å²) in [7, 11) is 1.95. The molecule has 110 valence electrons. The zero-order valence-electron chi connectivity index (χ0n) is 12.5. The molecule has 0 amide bonds. The van der Waals surface area contributed by atoms with E-state index in [-0.39, 0.29) is 5.84 Å². The molecule has 1 aromatic carbocycles. The zero-order valence-corrected chi connectivity index (χ0v) is 12.5. The van der Waals surface area contributed by atoms with Crippen LogP contribution in [0.3, 0.4) is 0 Å². The molecule has 1 aromatic heterocycles. The topological polar surface area (TPSA) is 74.7 Å². The third-order valence-electron chi connectivity index (χ3n) is 3.43. The highest BCUT2D eigenvalue weighted by Crippen LogP contribution is 2.20. The quantitative estimate of drug-likeness (QED) is 0.391. The fourth-order valence-corrected chi connectivity index (χ4v) is 2.21. The van der Waals surface area contributed by atoms with Crippen molar-refractivity contribution >= 4 is 11.7 Å². The lowest BCUT2D eigenvalue weighted by Gasteiger charge is -2.22. The minimum atomic E-state index is 0.0640. The Morgan fingerprint density at radius 1 is 1.24 bits per heavy atom. The van der Waals surface area contributed by atoms with Crippen molar-refractivity contribution in [2.24, 2.45) is 10.9 Å². The summed E-state index contributed by atoms with van der Waals surface area (Å²) in [5.41, 5.74) is 9.69. The smallest absolute Gasteiger partial charge is 0.173 e. The summed E-state index contributed by atoms with van der Waals surface area (Å²) < 4.78 is 0. The predicted molar refractivity (Wildman–Crippen MR) is 84.8 cm³/mol. The van der Waals surface area contributed by atoms with Gasteiger partial charge in [-0.25, -0.2) is 4.98 Å². The van der Waals surface area contributed by atoms with Crippen LogP contribution in [0.5, 0.6) is 0 Å². The van der Waals surface area contributed by atoms with Crippen molar-refractivity contribution in [2.45, 2.75) is 20.4 Å². The summed E-state index contributed by atoms with van der Waals surface area (Å²) in [4.78, 5) is 6.52. The Hall–Kier alpha value is -2.56. The van der Waals surface area contributed by atoms with E-state index >= 15 is 0 Å². The number of aromatic nitrogens is 1. The third kappa shape index (κ3) is 3.31. The molecule has 0 unspecified atom stereocenters. The molecule has 2 rings (SSSR count). The van der Waals surface area contributed by atoms with E-state index in [1.165, 1.54) is 11.1 Å². The average Bonchev–Trinajstić information content (AvgIpc) is 2.48. The Bertz CT molecular complexity index is 667. The molecule has 0 saturated carbocycles. The number of hydrogen-bond donors (Lipinski definition) is 2. The monoisotopic (exact) mass is 284 g/mol. The number of nitrogens with two attached hydrogens (primary N) is 1. The van der Waals surface area contributed by atoms with Gasteiger partial charge in [-0.05, 0) is 37.1 Å². The van der Waals surface area contributed by atoms with Crippen LogP contribution in [0, 0.1) is 13.8 Å². The van der Waals surface area contributed by atoms with Crippen molar-refractivity contribution in [2.75, 3.05) is 11.9 Å². The fraction of sp³-hybridized carbons (Fsp3) is 0.250. The van der Waals surface area contributed by atoms with Gasteiger partial charge in [0.2, 0.25) is 0 Å². The maximum absolute atomic E-state index is 8.91. The van der Waals surface area contributed by atoms with E-state index in [0.29, 0.717) is 17.9 Å². The Labute approximate surface area is 124 Å². The maximum atomic E-state index is 8.91. The third-order valence-corrected chi connectivity index (χ3v) is 3.43. The average molecular weight is 284 g/mol. The van der Waals surface area contributed by atoms with Gasteiger partial charge < -0.3 is 15.8 Å². The molecule has 21 heavy (non-hydrogen) atoms. The molecule has 0 aliphatic heterocycles. The fourth-order valence-electron chi connectivity index (χ4n) is 2.21. The second kappa shape index (κ2) is 6.26. The van der Waals surface area contributed by atoms with Gasteiger partial charge in [-0.3, -0.25) is 0 Å². The molecule has 2 aromatic rings. The Morgan fingerprint density at radius 2 is 1.95 bits per heavy atom. The molecule has 5 nitrogen and oxygen atoms in total. The number of pyridine rings is 1. The first kappa shape index (κ1) is 14.8. The molecule has 0 atom stereocenters. The number of benzene rings is 1. The van der Waals surface area contributed by atoms with Gasteiger partial charge in [0.25, 0.3) is 0 Å². The van der Waals surface area contributed by atoms with Crippen LogP contribution in [0.2, 0.25) is 0 Å². The molecule has 0 saturated heterocycles. The number of hydrogen-bond acceptors (Lipinski definition) is 4. The molecule has 0 bridgehead atoms. The van der Waals surface area contributed by atoms with Crippen LogP contribution < -0.4 is 10.6 Å². The lowest BCUT2D eigenvalue weighted by atomic mass is 10.1. The Morgan fingerprint density at radius 3 is 2.62 bits per heavy atom. The lowest BCUT2D eigenvalue weighted by molar-refractivity contribution is 0.318. The summed E-state index contributed by atoms with van der Waals surface area (Å²) in [5, 5.41) is 12.0. The van der Waals surface area contributed by atoms with Crippen molar-refractivity contribution in [3.05, 3.63) is 58.8 Å². The minimum absolute atomic E-state index is 0.0640. The van der Waals surface area contributed by atoms with Gasteiger partial charge in [-0.2, -0.15) is 0 Å². The Kier molecular flexibility index (Phi) is 4.42. The van der Waals surface area contributed by atoms with Crippen molar-refractivity contribution in [3.63, 3.8) is 0 Å². The molecule has 0 spiro atoms. The van der Waals surface area contributed by atoms with Crippen molar-refractivity contribution < 1.29 is 5.21 Å². The standard InChI is InChI=1S/C16H20N4O/c1-11-6-4-5-7-13(11)10-20(3)16-14(15(17)19-21)9-8-12(2)18-16/h4-9,21H,10H2,1-3H3,(H2,17,19). The van der Waals surface area contributed by atoms with Crippen molar-refractivity contribution in [1.29, 1.82) is 0 Å². The van der Waals surface area contributed by atoms with E-state index < -0.39 is 0 Å². The molecule has 0 aliphatic carbocycles. The largest absolute Gasteiger partial charge is 0.409 e. The van der Waals surface area contributed by atoms with Gasteiger partial charge in [0.1, 0.15) is 5.82 Å². The molecule has 0 fully saturated rings. The van der Waals surface area contributed by atoms with Crippen LogP contribution in [0.1, 0.15) is 22.4 Å². The molecule has 0 aliphatic rings. The van der Waals surface area contributed by atoms with Crippen LogP contribution in [-0.4, -0.2) is 23.1 Å². The number of aryl methyl sites for hydroxylation is 2. The first-order chi connectivity index (χ1) is 10.0. The van der Waals surface area contributed by atoms with Crippen LogP contribution in [0.4, 0.5) is 5.82 Å². The van der Waals surface area contributed by atoms with Gasteiger partial charge in [0.15, 0.2) is 5.84 Å². The van der Waals surface area contributed by atoms with Gasteiger partial charge in [0, 0.05) is 19.3 Å². The number of nitrogens with zero attached hydrogens (tertiary/aromatic N) is 3. The number of rotatable bonds is 4. The summed E-state index contributed by atoms with van der Waals surface area (Å²) in [6, 6.07) is 11.9. The van der Waals surface area contributed by atoms with Crippen LogP contribution in [0.15, 0.2) is 41.6 Å². The van der Waals surface area contributed by atoms with E-state index in [9.17, 15) is 0 Å². The molecule has 5 heteroatoms. The van der Waals surface area contributed by atoms with Gasteiger partial charge in [-0.1, -0.05) is 29.4 Å². The second-order valence-electron chi connectivity index (χ2n) is 5.09. The first-order valence-electron chi connectivity index (χ1n) is 6.74. The maximum Gasteiger partial charge on any atom is 0.173 e. The first-order valence-corrected chi connectivity index (χ1v) is 6.74. The molecular weight excluding hydrogens is 264 g/mol. The predicted octanol–water partition coefficient (Wildman–Crippen LogP) is 2.43. The van der Waals surface area contributed by atoms with E-state index in [1.54, 1.807) is 0 Å². The van der Waals surface area contributed by atoms with E-state index in [2.05, 4.69) is 29.2 Å². The van der Waals surface area contributed by atoms with E-state index in [0.717, 1.165) is 5.69 Å². The summed E-state index contributed by atoms with van der Waals surface area (Å²) >= 11 is 0. The van der Waals surface area contributed by atoms with Crippen LogP contribution >= 0.6 is 0 Å². The van der Waals surface area contributed by atoms with Crippen LogP contribution in [0.25, 0.3) is 0 Å². The summed E-state index contributed by atoms with van der Waals surface area (Å²) in [6.07, 6.45) is 0. The van der Waals surface area contributed by atoms with Gasteiger partial charge >= 0.3 is 0 Å². The highest BCUT2D eigenvalue weighted by Gasteiger charge is 2.14. The minimum Gasteiger partial charge on any atom is -0.409 e. The highest BCUT2D eigenvalue weighted by atomic mass is 16.4. The zero-order chi connectivity index (χ0) is 15.4. The molecular formula is C16H20N4O. The Balaban J connectivity index is 2.37. The van der Waals surface area contributed by atoms with Gasteiger partial charge in [-0.15, -0.1) is 0 Å². The summed E-state index contributed by atoms with van der Waals surface area (Å²) in [6.45, 7) is 4.70. The lowest BCUT2D eigenvalue weighted by Crippen LogP contribution is -2.24. The number of anilines is 1. The van der Waals surface area contributed by atoms with E-state index in [1.807, 2.05) is 43.1 Å². The second-order valence-corrected chi connectivity index (χ2v) is 5.09. The molecule has 3 N–H and O–H groups in total. The van der Waals surface area contributed by atoms with Crippen LogP contribution in [-0.2, 0) is 6.54 Å². The number of amidine groups is 1. The molecule has 1 heterocycles. The van der Waals surface area contributed by atoms with Gasteiger partial charge in [0.05, 0.1) is 5.56 Å². The number of oxime groups is 1. The molecule has 0 radical (unpaired) electrons.